The highest BCUT2D eigenvalue weighted by atomic mass is 16.5. The number of allylic oxidation sites excluding steroid dienone is 2. The molecule has 1 amide bonds. The second-order valence-electron chi connectivity index (χ2n) is 13.7. The monoisotopic (exact) mass is 636 g/mol. The van der Waals surface area contributed by atoms with Crippen molar-refractivity contribution in [1.82, 2.24) is 5.32 Å². The van der Waals surface area contributed by atoms with E-state index in [1.54, 1.807) is 0 Å². The van der Waals surface area contributed by atoms with Crippen LogP contribution in [0.15, 0.2) is 12.2 Å². The van der Waals surface area contributed by atoms with Gasteiger partial charge in [0.05, 0.1) is 18.2 Å². The number of nitrogens with one attached hydrogen (secondary N) is 1. The molecular weight excluding hydrogens is 558 g/mol. The third-order valence-electron chi connectivity index (χ3n) is 8.79. The third-order valence-corrected chi connectivity index (χ3v) is 8.79. The van der Waals surface area contributed by atoms with E-state index in [-0.39, 0.29) is 30.8 Å². The second-order valence-corrected chi connectivity index (χ2v) is 13.7. The lowest BCUT2D eigenvalue weighted by Crippen LogP contribution is -2.41. The second kappa shape index (κ2) is 35.5. The van der Waals surface area contributed by atoms with Crippen LogP contribution in [0.4, 0.5) is 0 Å². The first-order valence-corrected chi connectivity index (χ1v) is 19.7. The average Bonchev–Trinajstić information content (AvgIpc) is 3.01. The Morgan fingerprint density at radius 2 is 1.07 bits per heavy atom. The Morgan fingerprint density at radius 3 is 1.53 bits per heavy atom. The van der Waals surface area contributed by atoms with Crippen molar-refractivity contribution in [3.8, 4) is 0 Å². The number of amides is 1. The summed E-state index contributed by atoms with van der Waals surface area (Å²) < 4.78 is 11.3. The molecule has 0 aromatic carbocycles. The topological polar surface area (TPSA) is 64.6 Å². The average molecular weight is 636 g/mol. The molecule has 0 heterocycles. The number of hydrogen-bond acceptors (Lipinski definition) is 4. The van der Waals surface area contributed by atoms with Gasteiger partial charge in [-0.25, -0.2) is 0 Å². The van der Waals surface area contributed by atoms with Crippen molar-refractivity contribution in [2.45, 2.75) is 226 Å². The number of carbonyl (C=O) groups excluding carboxylic acids is 2. The SMILES string of the molecule is CCCCCCCC/C=C\CCCCCCCC(=O)NC(COC=O)CC(CCCCCCCCCCCCCC)OC(C)C. The minimum atomic E-state index is -0.202. The van der Waals surface area contributed by atoms with Gasteiger partial charge in [-0.3, -0.25) is 9.59 Å². The summed E-state index contributed by atoms with van der Waals surface area (Å²) in [4.78, 5) is 23.6. The molecule has 0 saturated heterocycles. The Balaban J connectivity index is 4.11. The molecule has 5 heteroatoms. The van der Waals surface area contributed by atoms with Crippen LogP contribution in [0, 0.1) is 0 Å². The summed E-state index contributed by atoms with van der Waals surface area (Å²) in [6.07, 6.45) is 39.3. The van der Waals surface area contributed by atoms with E-state index in [0.717, 1.165) is 25.7 Å². The quantitative estimate of drug-likeness (QED) is 0.0422. The first-order valence-electron chi connectivity index (χ1n) is 19.7. The Morgan fingerprint density at radius 1 is 0.622 bits per heavy atom. The van der Waals surface area contributed by atoms with Crippen molar-refractivity contribution in [2.75, 3.05) is 6.61 Å². The van der Waals surface area contributed by atoms with Gasteiger partial charge in [0.1, 0.15) is 6.61 Å². The number of unbranched alkanes of at least 4 members (excludes halogenated alkanes) is 22. The van der Waals surface area contributed by atoms with Crippen LogP contribution in [0.3, 0.4) is 0 Å². The molecule has 0 aliphatic heterocycles. The van der Waals surface area contributed by atoms with Crippen LogP contribution < -0.4 is 5.32 Å². The highest BCUT2D eigenvalue weighted by Gasteiger charge is 2.20. The zero-order chi connectivity index (χ0) is 33.1. The molecule has 0 saturated carbocycles. The summed E-state index contributed by atoms with van der Waals surface area (Å²) in [5.41, 5.74) is 0. The lowest BCUT2D eigenvalue weighted by atomic mass is 10.0. The molecule has 266 valence electrons. The van der Waals surface area contributed by atoms with E-state index in [2.05, 4.69) is 45.2 Å². The first-order chi connectivity index (χ1) is 22.0. The lowest BCUT2D eigenvalue weighted by Gasteiger charge is -2.26. The summed E-state index contributed by atoms with van der Waals surface area (Å²) in [6, 6.07) is -0.202. The van der Waals surface area contributed by atoms with Gasteiger partial charge < -0.3 is 14.8 Å². The number of hydrogen-bond donors (Lipinski definition) is 1. The molecular formula is C40H77NO4. The molecule has 0 aromatic heterocycles. The lowest BCUT2D eigenvalue weighted by molar-refractivity contribution is -0.131. The zero-order valence-corrected chi connectivity index (χ0v) is 30.6. The van der Waals surface area contributed by atoms with Gasteiger partial charge in [0.15, 0.2) is 0 Å². The van der Waals surface area contributed by atoms with Crippen LogP contribution in [0.2, 0.25) is 0 Å². The Kier molecular flexibility index (Phi) is 34.4. The van der Waals surface area contributed by atoms with Gasteiger partial charge in [0, 0.05) is 6.42 Å². The fourth-order valence-electron chi connectivity index (χ4n) is 6.14. The van der Waals surface area contributed by atoms with E-state index in [9.17, 15) is 9.59 Å². The van der Waals surface area contributed by atoms with Crippen molar-refractivity contribution in [2.24, 2.45) is 0 Å². The minimum absolute atomic E-state index is 0.0563. The smallest absolute Gasteiger partial charge is 0.293 e. The van der Waals surface area contributed by atoms with Crippen molar-refractivity contribution in [3.05, 3.63) is 12.2 Å². The van der Waals surface area contributed by atoms with Gasteiger partial charge in [-0.15, -0.1) is 0 Å². The van der Waals surface area contributed by atoms with E-state index in [0.29, 0.717) is 19.3 Å². The molecule has 5 nitrogen and oxygen atoms in total. The van der Waals surface area contributed by atoms with Crippen LogP contribution >= 0.6 is 0 Å². The molecule has 0 radical (unpaired) electrons. The molecule has 0 spiro atoms. The van der Waals surface area contributed by atoms with Gasteiger partial charge in [0.25, 0.3) is 6.47 Å². The predicted octanol–water partition coefficient (Wildman–Crippen LogP) is 12.0. The van der Waals surface area contributed by atoms with Crippen LogP contribution in [0.5, 0.6) is 0 Å². The largest absolute Gasteiger partial charge is 0.466 e. The number of rotatable bonds is 36. The molecule has 0 fully saturated rings. The maximum Gasteiger partial charge on any atom is 0.293 e. The van der Waals surface area contributed by atoms with Gasteiger partial charge in [-0.1, -0.05) is 154 Å². The first kappa shape index (κ1) is 43.6. The summed E-state index contributed by atoms with van der Waals surface area (Å²) in [7, 11) is 0. The van der Waals surface area contributed by atoms with Crippen molar-refractivity contribution >= 4 is 12.4 Å². The molecule has 0 aliphatic rings. The normalized spacial score (nSPS) is 13.0. The van der Waals surface area contributed by atoms with Gasteiger partial charge >= 0.3 is 0 Å². The molecule has 0 aliphatic carbocycles. The van der Waals surface area contributed by atoms with Crippen LogP contribution in [0.25, 0.3) is 0 Å². The summed E-state index contributed by atoms with van der Waals surface area (Å²) >= 11 is 0. The molecule has 2 unspecified atom stereocenters. The van der Waals surface area contributed by atoms with Gasteiger partial charge in [-0.2, -0.15) is 0 Å². The standard InChI is InChI=1S/C40H77NO4/c1-5-7-9-11-13-15-17-19-20-21-23-25-27-29-31-33-40(43)41-38(35-44-36-42)34-39(45-37(3)4)32-30-28-26-24-22-18-16-14-12-10-8-6-2/h19-20,36-39H,5-18,21-35H2,1-4H3,(H,41,43)/b20-19-. The Bertz CT molecular complexity index is 650. The summed E-state index contributed by atoms with van der Waals surface area (Å²) in [5.74, 6) is 0.0563. The highest BCUT2D eigenvalue weighted by Crippen LogP contribution is 2.18. The summed E-state index contributed by atoms with van der Waals surface area (Å²) in [5, 5.41) is 3.14. The summed E-state index contributed by atoms with van der Waals surface area (Å²) in [6.45, 7) is 9.36. The number of ether oxygens (including phenoxy) is 2. The van der Waals surface area contributed by atoms with Gasteiger partial charge in [-0.05, 0) is 58.8 Å². The van der Waals surface area contributed by atoms with E-state index in [4.69, 9.17) is 9.47 Å². The van der Waals surface area contributed by atoms with Crippen LogP contribution in [0.1, 0.15) is 207 Å². The van der Waals surface area contributed by atoms with Crippen molar-refractivity contribution in [1.29, 1.82) is 0 Å². The Labute approximate surface area is 280 Å². The van der Waals surface area contributed by atoms with Crippen LogP contribution in [-0.2, 0) is 19.1 Å². The molecule has 0 bridgehead atoms. The van der Waals surface area contributed by atoms with E-state index in [1.807, 2.05) is 0 Å². The molecule has 1 N–H and O–H groups in total. The number of carbonyl (C=O) groups is 2. The van der Waals surface area contributed by atoms with E-state index >= 15 is 0 Å². The van der Waals surface area contributed by atoms with Crippen LogP contribution in [-0.4, -0.2) is 37.2 Å². The third kappa shape index (κ3) is 33.8. The maximum atomic E-state index is 12.7. The van der Waals surface area contributed by atoms with Gasteiger partial charge in [0.2, 0.25) is 5.91 Å². The van der Waals surface area contributed by atoms with E-state index < -0.39 is 0 Å². The fraction of sp³-hybridized carbons (Fsp3) is 0.900. The zero-order valence-electron chi connectivity index (χ0n) is 30.6. The maximum absolute atomic E-state index is 12.7. The van der Waals surface area contributed by atoms with E-state index in [1.165, 1.54) is 141 Å². The predicted molar refractivity (Wildman–Crippen MR) is 194 cm³/mol. The minimum Gasteiger partial charge on any atom is -0.466 e. The molecule has 0 aromatic rings. The fourth-order valence-corrected chi connectivity index (χ4v) is 6.14. The van der Waals surface area contributed by atoms with Crippen molar-refractivity contribution in [3.63, 3.8) is 0 Å². The highest BCUT2D eigenvalue weighted by molar-refractivity contribution is 5.76. The molecule has 2 atom stereocenters. The van der Waals surface area contributed by atoms with Crippen molar-refractivity contribution < 1.29 is 19.1 Å². The Hall–Kier alpha value is -1.36. The molecule has 0 rings (SSSR count). The molecule has 45 heavy (non-hydrogen) atoms.